The van der Waals surface area contributed by atoms with Gasteiger partial charge in [-0.1, -0.05) is 69.0 Å². The second-order valence-electron chi connectivity index (χ2n) is 13.5. The fourth-order valence-corrected chi connectivity index (χ4v) is 8.49. The van der Waals surface area contributed by atoms with Crippen LogP contribution in [-0.4, -0.2) is 78.0 Å². The molecule has 0 bridgehead atoms. The first-order chi connectivity index (χ1) is 28.9. The predicted octanol–water partition coefficient (Wildman–Crippen LogP) is 14.7. The predicted molar refractivity (Wildman–Crippen MR) is 178 cm³/mol. The van der Waals surface area contributed by atoms with Gasteiger partial charge in [-0.05, 0) is 65.3 Å². The number of rotatable bonds is 21. The van der Waals surface area contributed by atoms with E-state index >= 15 is 17.6 Å². The molecule has 0 aliphatic rings. The van der Waals surface area contributed by atoms with Gasteiger partial charge >= 0.3 is 71.4 Å². The molecule has 27 heteroatoms. The number of alkyl halides is 23. The van der Waals surface area contributed by atoms with Crippen LogP contribution >= 0.6 is 10.3 Å². The molecule has 0 fully saturated rings. The second-order valence-corrected chi connectivity index (χ2v) is 16.2. The second kappa shape index (κ2) is 17.8. The molecule has 3 aromatic carbocycles. The van der Waals surface area contributed by atoms with Crippen molar-refractivity contribution in [1.82, 2.24) is 0 Å². The van der Waals surface area contributed by atoms with Gasteiger partial charge in [0.15, 0.2) is 0 Å². The lowest BCUT2D eigenvalue weighted by Crippen LogP contribution is -2.78. The highest BCUT2D eigenvalue weighted by atomic mass is 32.3. The van der Waals surface area contributed by atoms with Crippen molar-refractivity contribution in [3.05, 3.63) is 84.9 Å². The molecule has 0 N–H and O–H groups in total. The Labute approximate surface area is 347 Å². The topological polar surface area (TPSA) is 35.5 Å². The largest absolute Gasteiger partial charge is 0.494 e. The van der Waals surface area contributed by atoms with Crippen molar-refractivity contribution in [2.24, 2.45) is 0 Å². The summed E-state index contributed by atoms with van der Waals surface area (Å²) < 4.78 is 335. The zero-order valence-corrected chi connectivity index (χ0v) is 32.5. The monoisotopic (exact) mass is 990 g/mol. The van der Waals surface area contributed by atoms with Gasteiger partial charge in [-0.15, -0.1) is 0 Å². The van der Waals surface area contributed by atoms with Crippen LogP contribution in [0.1, 0.15) is 39.0 Å². The summed E-state index contributed by atoms with van der Waals surface area (Å²) in [7, 11) is -4.45. The summed E-state index contributed by atoms with van der Waals surface area (Å²) in [4.78, 5) is 11.6. The molecule has 64 heavy (non-hydrogen) atoms. The van der Waals surface area contributed by atoms with Crippen LogP contribution in [0.15, 0.2) is 99.6 Å². The number of ether oxygens (including phenoxy) is 1. The summed E-state index contributed by atoms with van der Waals surface area (Å²) in [6.45, 7) is 2.04. The van der Waals surface area contributed by atoms with E-state index in [0.29, 0.717) is 6.42 Å². The highest BCUT2D eigenvalue weighted by Crippen LogP contribution is 2.71. The van der Waals surface area contributed by atoms with E-state index in [1.165, 1.54) is 12.1 Å². The van der Waals surface area contributed by atoms with E-state index in [9.17, 15) is 88.2 Å². The lowest BCUT2D eigenvalue weighted by molar-refractivity contribution is -0.477. The van der Waals surface area contributed by atoms with Crippen molar-refractivity contribution < 1.29 is 115 Å². The Morgan fingerprint density at radius 2 is 0.750 bits per heavy atom. The molecule has 362 valence electrons. The smallest absolute Gasteiger partial charge is 0.460 e. The summed E-state index contributed by atoms with van der Waals surface area (Å²) in [6, 6.07) is 14.7. The fourth-order valence-electron chi connectivity index (χ4n) is 5.45. The van der Waals surface area contributed by atoms with Crippen LogP contribution in [0.5, 0.6) is 5.75 Å². The minimum Gasteiger partial charge on any atom is -0.494 e. The minimum atomic E-state index is -9.57. The Balaban J connectivity index is 2.19. The molecular formula is C37H29F23O3S. The van der Waals surface area contributed by atoms with E-state index < -0.39 is 96.4 Å². The molecule has 0 saturated heterocycles. The highest BCUT2D eigenvalue weighted by molar-refractivity contribution is 8.30. The molecule has 0 amide bonds. The molecule has 0 aromatic heterocycles. The lowest BCUT2D eigenvalue weighted by Gasteiger charge is -2.45. The van der Waals surface area contributed by atoms with E-state index in [0.717, 1.165) is 98.5 Å². The van der Waals surface area contributed by atoms with Gasteiger partial charge in [0.1, 0.15) is 5.75 Å². The van der Waals surface area contributed by atoms with Crippen LogP contribution in [0.3, 0.4) is 0 Å². The van der Waals surface area contributed by atoms with Crippen molar-refractivity contribution in [3.63, 3.8) is 0 Å². The third-order valence-corrected chi connectivity index (χ3v) is 12.4. The molecule has 3 nitrogen and oxygen atoms in total. The van der Waals surface area contributed by atoms with Gasteiger partial charge in [-0.2, -0.15) is 101 Å². The molecule has 0 saturated carbocycles. The standard InChI is InChI=1S/C37H29F23O3S/c1-2-3-4-5-12-21-62-22-17-19-25(20-18-22)64(23-13-8-6-9-14-23,24-15-10-7-11-16-24)63-26(61)27(38,39)28(40,41)29(42,43)30(44,45)31(46,47)32(48,49)33(50,51)34(52,53)35(54,55)36(56,57)37(58,59)60/h6-11,13-20H,2-5,12,21H2,1H3. The van der Waals surface area contributed by atoms with Gasteiger partial charge in [0.05, 0.1) is 6.61 Å². The van der Waals surface area contributed by atoms with E-state index in [1.54, 1.807) is 0 Å². The first-order valence-corrected chi connectivity index (χ1v) is 19.2. The maximum atomic E-state index is 15.5. The minimum absolute atomic E-state index is 0.0255. The summed E-state index contributed by atoms with van der Waals surface area (Å²) >= 11 is 0. The first kappa shape index (κ1) is 54.0. The van der Waals surface area contributed by atoms with Gasteiger partial charge in [-0.3, -0.25) is 0 Å². The number of unbranched alkanes of at least 4 members (excludes halogenated alkanes) is 4. The quantitative estimate of drug-likeness (QED) is 0.0788. The van der Waals surface area contributed by atoms with Crippen molar-refractivity contribution in [2.45, 2.75) is 119 Å². The van der Waals surface area contributed by atoms with Crippen LogP contribution in [-0.2, 0) is 8.98 Å². The Bertz CT molecular complexity index is 1980. The van der Waals surface area contributed by atoms with E-state index in [-0.39, 0.29) is 12.4 Å². The van der Waals surface area contributed by atoms with E-state index in [2.05, 4.69) is 0 Å². The summed E-state index contributed by atoms with van der Waals surface area (Å²) in [5.74, 6) is -94.6. The van der Waals surface area contributed by atoms with Gasteiger partial charge in [0.25, 0.3) is 0 Å². The van der Waals surface area contributed by atoms with Crippen molar-refractivity contribution in [1.29, 1.82) is 0 Å². The molecule has 0 aliphatic carbocycles. The molecule has 0 atom stereocenters. The molecule has 3 aromatic rings. The zero-order valence-electron chi connectivity index (χ0n) is 31.7. The van der Waals surface area contributed by atoms with Crippen LogP contribution in [0, 0.1) is 0 Å². The Hall–Kier alpha value is -4.33. The summed E-state index contributed by atoms with van der Waals surface area (Å²) in [6.07, 6.45) is -4.30. The number of benzene rings is 3. The average Bonchev–Trinajstić information content (AvgIpc) is 3.20. The van der Waals surface area contributed by atoms with E-state index in [1.807, 2.05) is 6.92 Å². The summed E-state index contributed by atoms with van der Waals surface area (Å²) in [5.41, 5.74) is 0. The number of carbonyl (C=O) groups excluding carboxylic acids is 1. The van der Waals surface area contributed by atoms with Gasteiger partial charge in [0.2, 0.25) is 0 Å². The molecule has 0 unspecified atom stereocenters. The normalized spacial score (nSPS) is 14.9. The van der Waals surface area contributed by atoms with Crippen molar-refractivity contribution in [2.75, 3.05) is 6.61 Å². The third kappa shape index (κ3) is 8.38. The van der Waals surface area contributed by atoms with Crippen LogP contribution in [0.25, 0.3) is 0 Å². The van der Waals surface area contributed by atoms with Crippen LogP contribution < -0.4 is 4.74 Å². The summed E-state index contributed by atoms with van der Waals surface area (Å²) in [5, 5.41) is 0. The van der Waals surface area contributed by atoms with E-state index in [4.69, 9.17) is 8.92 Å². The highest BCUT2D eigenvalue weighted by Gasteiger charge is 2.99. The van der Waals surface area contributed by atoms with Crippen molar-refractivity contribution >= 4 is 16.3 Å². The first-order valence-electron chi connectivity index (χ1n) is 17.6. The van der Waals surface area contributed by atoms with Crippen LogP contribution in [0.2, 0.25) is 0 Å². The Morgan fingerprint density at radius 1 is 0.422 bits per heavy atom. The maximum Gasteiger partial charge on any atom is 0.460 e. The molecule has 0 spiro atoms. The number of carbonyl (C=O) groups is 1. The van der Waals surface area contributed by atoms with Gasteiger partial charge in [-0.25, -0.2) is 4.79 Å². The molecular weight excluding hydrogens is 961 g/mol. The van der Waals surface area contributed by atoms with Gasteiger partial charge in [0, 0.05) is 14.7 Å². The lowest BCUT2D eigenvalue weighted by atomic mass is 9.85. The maximum absolute atomic E-state index is 15.5. The molecule has 0 heterocycles. The SMILES string of the molecule is CCCCCCCOc1ccc(S(OC(=O)C(F)(F)C(F)(F)C(F)(F)C(F)(F)C(F)(F)C(F)(F)C(F)(F)C(F)(F)C(F)(F)C(F)(F)C(F)(F)F)(c2ccccc2)c2ccccc2)cc1. The Morgan fingerprint density at radius 3 is 1.11 bits per heavy atom. The van der Waals surface area contributed by atoms with Crippen LogP contribution in [0.4, 0.5) is 101 Å². The number of hydrogen-bond acceptors (Lipinski definition) is 3. The number of halogens is 23. The number of hydrogen-bond donors (Lipinski definition) is 0. The molecule has 0 aliphatic heterocycles. The molecule has 0 radical (unpaired) electrons. The average molecular weight is 991 g/mol. The van der Waals surface area contributed by atoms with Gasteiger partial charge < -0.3 is 8.92 Å². The Kier molecular flexibility index (Phi) is 15.0. The third-order valence-electron chi connectivity index (χ3n) is 9.18. The zero-order chi connectivity index (χ0) is 49.4. The fraction of sp³-hybridized carbons (Fsp3) is 0.486. The van der Waals surface area contributed by atoms with Crippen molar-refractivity contribution in [3.8, 4) is 5.75 Å². The molecule has 3 rings (SSSR count).